The molecule has 4 N–H and O–H groups in total. The van der Waals surface area contributed by atoms with Gasteiger partial charge < -0.3 is 11.5 Å². The topological polar surface area (TPSA) is 72.4 Å². The molecule has 92 valence electrons. The second-order valence-electron chi connectivity index (χ2n) is 4.06. The smallest absolute Gasteiger partial charge is 0.234 e. The van der Waals surface area contributed by atoms with E-state index in [1.54, 1.807) is 6.92 Å². The quantitative estimate of drug-likeness (QED) is 0.753. The zero-order chi connectivity index (χ0) is 13.0. The summed E-state index contributed by atoms with van der Waals surface area (Å²) in [6.07, 6.45) is 0. The number of carbonyl (C=O) groups is 1. The van der Waals surface area contributed by atoms with Crippen LogP contribution in [0.1, 0.15) is 18.1 Å². The molecule has 0 aliphatic carbocycles. The van der Waals surface area contributed by atoms with Crippen molar-refractivity contribution in [1.82, 2.24) is 4.90 Å². The Bertz CT molecular complexity index is 434. The Morgan fingerprint density at radius 2 is 2.12 bits per heavy atom. The van der Waals surface area contributed by atoms with Gasteiger partial charge in [-0.2, -0.15) is 0 Å². The number of amides is 1. The highest BCUT2D eigenvalue weighted by atomic mass is 32.1. The van der Waals surface area contributed by atoms with E-state index in [2.05, 4.69) is 0 Å². The minimum atomic E-state index is -0.335. The number of hydrogen-bond acceptors (Lipinski definition) is 3. The molecular formula is C12H17N3OS. The van der Waals surface area contributed by atoms with E-state index in [0.29, 0.717) is 11.5 Å². The van der Waals surface area contributed by atoms with Gasteiger partial charge in [-0.05, 0) is 25.6 Å². The molecule has 0 bridgehead atoms. The molecule has 0 fully saturated rings. The van der Waals surface area contributed by atoms with Crippen LogP contribution in [-0.4, -0.2) is 28.9 Å². The van der Waals surface area contributed by atoms with Crippen LogP contribution in [0.25, 0.3) is 0 Å². The summed E-state index contributed by atoms with van der Waals surface area (Å²) in [6, 6.07) is 7.34. The summed E-state index contributed by atoms with van der Waals surface area (Å²) in [4.78, 5) is 13.3. The molecule has 1 atom stereocenters. The molecule has 17 heavy (non-hydrogen) atoms. The van der Waals surface area contributed by atoms with Crippen LogP contribution in [0.5, 0.6) is 0 Å². The van der Waals surface area contributed by atoms with E-state index in [4.69, 9.17) is 23.7 Å². The van der Waals surface area contributed by atoms with E-state index < -0.39 is 0 Å². The van der Waals surface area contributed by atoms with Crippen LogP contribution < -0.4 is 11.5 Å². The summed E-state index contributed by atoms with van der Waals surface area (Å²) < 4.78 is 0. The average Bonchev–Trinajstić information content (AvgIpc) is 2.28. The number of thiocarbonyl (C=S) groups is 1. The number of likely N-dealkylation sites (N-methyl/N-ethyl adjacent to an activating group) is 1. The molecule has 0 aliphatic heterocycles. The molecule has 1 aromatic rings. The maximum absolute atomic E-state index is 11.0. The Morgan fingerprint density at radius 1 is 1.47 bits per heavy atom. The highest BCUT2D eigenvalue weighted by Crippen LogP contribution is 2.09. The molecule has 0 saturated heterocycles. The first-order valence-electron chi connectivity index (χ1n) is 5.30. The molecule has 0 aromatic heterocycles. The normalized spacial score (nSPS) is 12.4. The zero-order valence-electron chi connectivity index (χ0n) is 10.0. The van der Waals surface area contributed by atoms with Crippen LogP contribution in [0.15, 0.2) is 24.3 Å². The molecule has 4 nitrogen and oxygen atoms in total. The zero-order valence-corrected chi connectivity index (χ0v) is 10.8. The number of nitrogens with zero attached hydrogens (tertiary/aromatic N) is 1. The van der Waals surface area contributed by atoms with E-state index in [1.165, 1.54) is 0 Å². The molecule has 1 amide bonds. The van der Waals surface area contributed by atoms with Gasteiger partial charge in [0.05, 0.1) is 6.04 Å². The molecule has 0 aliphatic rings. The Kier molecular flexibility index (Phi) is 4.60. The first-order chi connectivity index (χ1) is 7.91. The molecule has 0 saturated carbocycles. The Labute approximate surface area is 107 Å². The van der Waals surface area contributed by atoms with Gasteiger partial charge in [-0.3, -0.25) is 9.69 Å². The van der Waals surface area contributed by atoms with Gasteiger partial charge in [-0.15, -0.1) is 0 Å². The lowest BCUT2D eigenvalue weighted by Gasteiger charge is -2.22. The monoisotopic (exact) mass is 251 g/mol. The predicted octanol–water partition coefficient (Wildman–Crippen LogP) is 0.626. The molecule has 5 heteroatoms. The number of rotatable bonds is 5. The second-order valence-corrected chi connectivity index (χ2v) is 4.50. The van der Waals surface area contributed by atoms with E-state index in [9.17, 15) is 4.79 Å². The first kappa shape index (κ1) is 13.6. The van der Waals surface area contributed by atoms with E-state index in [0.717, 1.165) is 11.1 Å². The number of hydrogen-bond donors (Lipinski definition) is 2. The van der Waals surface area contributed by atoms with Crippen LogP contribution in [0, 0.1) is 0 Å². The van der Waals surface area contributed by atoms with Crippen molar-refractivity contribution >= 4 is 23.1 Å². The van der Waals surface area contributed by atoms with Crippen molar-refractivity contribution in [2.24, 2.45) is 11.5 Å². The van der Waals surface area contributed by atoms with Crippen molar-refractivity contribution in [3.63, 3.8) is 0 Å². The molecule has 1 aromatic carbocycles. The minimum absolute atomic E-state index is 0.302. The van der Waals surface area contributed by atoms with Crippen LogP contribution in [0.2, 0.25) is 0 Å². The van der Waals surface area contributed by atoms with Crippen molar-refractivity contribution in [3.05, 3.63) is 35.4 Å². The summed E-state index contributed by atoms with van der Waals surface area (Å²) in [5.41, 5.74) is 12.7. The van der Waals surface area contributed by atoms with Gasteiger partial charge in [0.25, 0.3) is 0 Å². The number of carbonyl (C=O) groups excluding carboxylic acids is 1. The SMILES string of the molecule is CC(C(N)=O)N(C)Cc1cccc(C(N)=S)c1. The molecule has 0 spiro atoms. The fourth-order valence-electron chi connectivity index (χ4n) is 1.47. The van der Waals surface area contributed by atoms with Gasteiger partial charge in [0.15, 0.2) is 0 Å². The van der Waals surface area contributed by atoms with Crippen molar-refractivity contribution in [1.29, 1.82) is 0 Å². The summed E-state index contributed by atoms with van der Waals surface area (Å²) in [6.45, 7) is 2.40. The molecule has 1 unspecified atom stereocenters. The maximum atomic E-state index is 11.0. The summed E-state index contributed by atoms with van der Waals surface area (Å²) in [5, 5.41) is 0. The summed E-state index contributed by atoms with van der Waals surface area (Å²) >= 11 is 4.92. The van der Waals surface area contributed by atoms with Crippen molar-refractivity contribution in [2.45, 2.75) is 19.5 Å². The van der Waals surface area contributed by atoms with Gasteiger partial charge in [0.2, 0.25) is 5.91 Å². The van der Waals surface area contributed by atoms with E-state index >= 15 is 0 Å². The average molecular weight is 251 g/mol. The van der Waals surface area contributed by atoms with Gasteiger partial charge in [0, 0.05) is 12.1 Å². The standard InChI is InChI=1S/C12H17N3OS/c1-8(11(13)16)15(2)7-9-4-3-5-10(6-9)12(14)17/h3-6,8H,7H2,1-2H3,(H2,13,16)(H2,14,17). The van der Waals surface area contributed by atoms with E-state index in [-0.39, 0.29) is 11.9 Å². The molecule has 0 radical (unpaired) electrons. The maximum Gasteiger partial charge on any atom is 0.234 e. The van der Waals surface area contributed by atoms with Crippen LogP contribution in [0.4, 0.5) is 0 Å². The van der Waals surface area contributed by atoms with Gasteiger partial charge in [0.1, 0.15) is 4.99 Å². The third kappa shape index (κ3) is 3.80. The number of benzene rings is 1. The van der Waals surface area contributed by atoms with Crippen LogP contribution in [0.3, 0.4) is 0 Å². The van der Waals surface area contributed by atoms with Crippen molar-refractivity contribution < 1.29 is 4.79 Å². The summed E-state index contributed by atoms with van der Waals surface area (Å²) in [7, 11) is 1.85. The highest BCUT2D eigenvalue weighted by Gasteiger charge is 2.14. The Morgan fingerprint density at radius 3 is 2.65 bits per heavy atom. The van der Waals surface area contributed by atoms with Gasteiger partial charge in [-0.1, -0.05) is 30.4 Å². The highest BCUT2D eigenvalue weighted by molar-refractivity contribution is 7.80. The lowest BCUT2D eigenvalue weighted by molar-refractivity contribution is -0.122. The molecule has 0 heterocycles. The fourth-order valence-corrected chi connectivity index (χ4v) is 1.59. The largest absolute Gasteiger partial charge is 0.389 e. The fraction of sp³-hybridized carbons (Fsp3) is 0.333. The van der Waals surface area contributed by atoms with Crippen molar-refractivity contribution in [2.75, 3.05) is 7.05 Å². The van der Waals surface area contributed by atoms with Gasteiger partial charge >= 0.3 is 0 Å². The third-order valence-corrected chi connectivity index (χ3v) is 2.95. The Balaban J connectivity index is 2.78. The second kappa shape index (κ2) is 5.75. The Hall–Kier alpha value is -1.46. The lowest BCUT2D eigenvalue weighted by atomic mass is 10.1. The molecular weight excluding hydrogens is 234 g/mol. The number of primary amides is 1. The van der Waals surface area contributed by atoms with Crippen molar-refractivity contribution in [3.8, 4) is 0 Å². The van der Waals surface area contributed by atoms with Crippen LogP contribution >= 0.6 is 12.2 Å². The van der Waals surface area contributed by atoms with E-state index in [1.807, 2.05) is 36.2 Å². The number of nitrogens with two attached hydrogens (primary N) is 2. The lowest BCUT2D eigenvalue weighted by Crippen LogP contribution is -2.39. The van der Waals surface area contributed by atoms with Gasteiger partial charge in [-0.25, -0.2) is 0 Å². The third-order valence-electron chi connectivity index (χ3n) is 2.72. The minimum Gasteiger partial charge on any atom is -0.389 e. The molecule has 1 rings (SSSR count). The summed E-state index contributed by atoms with van der Waals surface area (Å²) in [5.74, 6) is -0.335. The first-order valence-corrected chi connectivity index (χ1v) is 5.71. The predicted molar refractivity (Wildman–Crippen MR) is 72.5 cm³/mol. The van der Waals surface area contributed by atoms with Crippen LogP contribution in [-0.2, 0) is 11.3 Å².